The zero-order chi connectivity index (χ0) is 10.2. The normalized spacial score (nSPS) is 40.1. The van der Waals surface area contributed by atoms with Crippen molar-refractivity contribution >= 4 is 0 Å². The van der Waals surface area contributed by atoms with Gasteiger partial charge in [-0.15, -0.1) is 0 Å². The van der Waals surface area contributed by atoms with Crippen molar-refractivity contribution in [2.24, 2.45) is 17.6 Å². The predicted octanol–water partition coefficient (Wildman–Crippen LogP) is 1.85. The number of nitrogens with two attached hydrogens (primary N) is 1. The molecule has 1 saturated carbocycles. The zero-order valence-electron chi connectivity index (χ0n) is 9.63. The molecule has 0 amide bonds. The fraction of sp³-hybridized carbons (Fsp3) is 1.00. The predicted molar refractivity (Wildman–Crippen MR) is 60.2 cm³/mol. The van der Waals surface area contributed by atoms with Crippen molar-refractivity contribution in [2.45, 2.75) is 44.6 Å². The van der Waals surface area contributed by atoms with Gasteiger partial charge in [-0.3, -0.25) is 0 Å². The average molecular weight is 196 g/mol. The Labute approximate surface area is 87.8 Å². The molecule has 0 aromatic carbocycles. The van der Waals surface area contributed by atoms with E-state index in [1.54, 1.807) is 0 Å². The lowest BCUT2D eigenvalue weighted by Crippen LogP contribution is -2.32. The molecule has 2 unspecified atom stereocenters. The molecule has 2 N–H and O–H groups in total. The Morgan fingerprint density at radius 1 is 1.36 bits per heavy atom. The largest absolute Gasteiger partial charge is 0.325 e. The van der Waals surface area contributed by atoms with Gasteiger partial charge in [-0.1, -0.05) is 6.92 Å². The monoisotopic (exact) mass is 196 g/mol. The topological polar surface area (TPSA) is 29.3 Å². The summed E-state index contributed by atoms with van der Waals surface area (Å²) in [4.78, 5) is 2.44. The molecule has 14 heavy (non-hydrogen) atoms. The summed E-state index contributed by atoms with van der Waals surface area (Å²) in [5, 5.41) is 0. The van der Waals surface area contributed by atoms with Crippen LogP contribution in [0.4, 0.5) is 0 Å². The fourth-order valence-electron chi connectivity index (χ4n) is 2.68. The third-order valence-corrected chi connectivity index (χ3v) is 4.36. The van der Waals surface area contributed by atoms with Crippen LogP contribution >= 0.6 is 0 Å². The van der Waals surface area contributed by atoms with Crippen LogP contribution in [0.5, 0.6) is 0 Å². The molecule has 2 fully saturated rings. The Bertz CT molecular complexity index is 196. The van der Waals surface area contributed by atoms with E-state index in [1.165, 1.54) is 45.2 Å². The lowest BCUT2D eigenvalue weighted by Gasteiger charge is -2.29. The smallest absolute Gasteiger partial charge is 0.0184 e. The molecule has 1 aliphatic heterocycles. The first-order valence-corrected chi connectivity index (χ1v) is 6.07. The van der Waals surface area contributed by atoms with Gasteiger partial charge in [0.1, 0.15) is 0 Å². The second-order valence-electron chi connectivity index (χ2n) is 5.62. The summed E-state index contributed by atoms with van der Waals surface area (Å²) in [6, 6.07) is 0. The van der Waals surface area contributed by atoms with Crippen LogP contribution in [0.1, 0.15) is 39.0 Å². The quantitative estimate of drug-likeness (QED) is 0.746. The molecule has 1 saturated heterocycles. The molecule has 82 valence electrons. The number of likely N-dealkylation sites (tertiary alicyclic amines) is 1. The third kappa shape index (κ3) is 2.29. The van der Waals surface area contributed by atoms with E-state index in [1.807, 2.05) is 0 Å². The highest BCUT2D eigenvalue weighted by Crippen LogP contribution is 2.45. The molecule has 0 bridgehead atoms. The minimum absolute atomic E-state index is 0.239. The molecule has 0 aromatic heterocycles. The van der Waals surface area contributed by atoms with Gasteiger partial charge in [-0.25, -0.2) is 0 Å². The van der Waals surface area contributed by atoms with Crippen molar-refractivity contribution in [3.8, 4) is 0 Å². The summed E-state index contributed by atoms with van der Waals surface area (Å²) in [5.41, 5.74) is 6.46. The maximum atomic E-state index is 6.22. The van der Waals surface area contributed by atoms with E-state index >= 15 is 0 Å². The molecule has 0 aromatic rings. The third-order valence-electron chi connectivity index (χ3n) is 4.36. The van der Waals surface area contributed by atoms with Crippen LogP contribution in [0.2, 0.25) is 0 Å². The Hall–Kier alpha value is -0.0800. The molecule has 2 aliphatic rings. The summed E-state index contributed by atoms with van der Waals surface area (Å²) in [6.45, 7) is 4.87. The Balaban J connectivity index is 1.66. The highest BCUT2D eigenvalue weighted by molar-refractivity contribution is 5.05. The Kier molecular flexibility index (Phi) is 2.85. The molecule has 1 aliphatic carbocycles. The SMILES string of the molecule is CC1CC1(N)CCC1CCN(C)CC1. The van der Waals surface area contributed by atoms with E-state index < -0.39 is 0 Å². The van der Waals surface area contributed by atoms with E-state index in [0.29, 0.717) is 0 Å². The van der Waals surface area contributed by atoms with E-state index in [2.05, 4.69) is 18.9 Å². The number of nitrogens with zero attached hydrogens (tertiary/aromatic N) is 1. The average Bonchev–Trinajstić information content (AvgIpc) is 2.74. The van der Waals surface area contributed by atoms with Crippen LogP contribution in [-0.4, -0.2) is 30.6 Å². The molecule has 0 radical (unpaired) electrons. The first-order chi connectivity index (χ1) is 6.60. The van der Waals surface area contributed by atoms with Crippen molar-refractivity contribution in [3.63, 3.8) is 0 Å². The van der Waals surface area contributed by atoms with Crippen molar-refractivity contribution < 1.29 is 0 Å². The molecular weight excluding hydrogens is 172 g/mol. The van der Waals surface area contributed by atoms with Gasteiger partial charge in [0.15, 0.2) is 0 Å². The molecule has 0 spiro atoms. The highest BCUT2D eigenvalue weighted by Gasteiger charge is 2.46. The number of hydrogen-bond acceptors (Lipinski definition) is 2. The van der Waals surface area contributed by atoms with Crippen molar-refractivity contribution in [1.82, 2.24) is 4.90 Å². The van der Waals surface area contributed by atoms with E-state index in [-0.39, 0.29) is 5.54 Å². The van der Waals surface area contributed by atoms with Gasteiger partial charge >= 0.3 is 0 Å². The fourth-order valence-corrected chi connectivity index (χ4v) is 2.68. The Morgan fingerprint density at radius 3 is 2.43 bits per heavy atom. The number of piperidine rings is 1. The van der Waals surface area contributed by atoms with Gasteiger partial charge in [-0.05, 0) is 64.1 Å². The van der Waals surface area contributed by atoms with Gasteiger partial charge in [-0.2, -0.15) is 0 Å². The molecular formula is C12H24N2. The highest BCUT2D eigenvalue weighted by atomic mass is 15.1. The Morgan fingerprint density at radius 2 is 1.93 bits per heavy atom. The van der Waals surface area contributed by atoms with Crippen LogP contribution in [0.15, 0.2) is 0 Å². The lowest BCUT2D eigenvalue weighted by atomic mass is 9.90. The van der Waals surface area contributed by atoms with Crippen LogP contribution in [0.3, 0.4) is 0 Å². The summed E-state index contributed by atoms with van der Waals surface area (Å²) in [5.74, 6) is 1.74. The van der Waals surface area contributed by atoms with Gasteiger partial charge in [0, 0.05) is 5.54 Å². The van der Waals surface area contributed by atoms with E-state index in [9.17, 15) is 0 Å². The van der Waals surface area contributed by atoms with E-state index in [0.717, 1.165) is 11.8 Å². The molecule has 2 nitrogen and oxygen atoms in total. The summed E-state index contributed by atoms with van der Waals surface area (Å²) >= 11 is 0. The standard InChI is InChI=1S/C12H24N2/c1-10-9-12(10,13)6-3-11-4-7-14(2)8-5-11/h10-11H,3-9,13H2,1-2H3. The molecule has 1 heterocycles. The van der Waals surface area contributed by atoms with Crippen LogP contribution in [-0.2, 0) is 0 Å². The minimum Gasteiger partial charge on any atom is -0.325 e. The summed E-state index contributed by atoms with van der Waals surface area (Å²) in [6.07, 6.45) is 6.68. The van der Waals surface area contributed by atoms with Crippen molar-refractivity contribution in [2.75, 3.05) is 20.1 Å². The number of hydrogen-bond donors (Lipinski definition) is 1. The van der Waals surface area contributed by atoms with Crippen LogP contribution in [0.25, 0.3) is 0 Å². The molecule has 2 rings (SSSR count). The van der Waals surface area contributed by atoms with Gasteiger partial charge in [0.25, 0.3) is 0 Å². The lowest BCUT2D eigenvalue weighted by molar-refractivity contribution is 0.206. The van der Waals surface area contributed by atoms with Gasteiger partial charge in [0.2, 0.25) is 0 Å². The zero-order valence-corrected chi connectivity index (χ0v) is 9.63. The maximum absolute atomic E-state index is 6.22. The second-order valence-corrected chi connectivity index (χ2v) is 5.62. The summed E-state index contributed by atoms with van der Waals surface area (Å²) in [7, 11) is 2.23. The van der Waals surface area contributed by atoms with E-state index in [4.69, 9.17) is 5.73 Å². The first-order valence-electron chi connectivity index (χ1n) is 6.07. The van der Waals surface area contributed by atoms with Gasteiger partial charge < -0.3 is 10.6 Å². The molecule has 2 atom stereocenters. The second kappa shape index (κ2) is 3.82. The minimum atomic E-state index is 0.239. The first kappa shape index (κ1) is 10.4. The van der Waals surface area contributed by atoms with Crippen LogP contribution in [0, 0.1) is 11.8 Å². The summed E-state index contributed by atoms with van der Waals surface area (Å²) < 4.78 is 0. The van der Waals surface area contributed by atoms with Crippen molar-refractivity contribution in [3.05, 3.63) is 0 Å². The maximum Gasteiger partial charge on any atom is 0.0184 e. The van der Waals surface area contributed by atoms with Gasteiger partial charge in [0.05, 0.1) is 0 Å². The van der Waals surface area contributed by atoms with Crippen molar-refractivity contribution in [1.29, 1.82) is 0 Å². The number of rotatable bonds is 3. The van der Waals surface area contributed by atoms with Crippen LogP contribution < -0.4 is 5.73 Å². The molecule has 2 heteroatoms.